The van der Waals surface area contributed by atoms with Crippen molar-refractivity contribution in [1.29, 1.82) is 0 Å². The van der Waals surface area contributed by atoms with Crippen LogP contribution in [0.2, 0.25) is 0 Å². The number of hydrogen-bond donors (Lipinski definition) is 2. The SMILES string of the molecule is CCCC1[C@@H]2CN(C(=O)[C@H](C(C)(C)C)NC(=O)O[C@@H]3C/C3=C/CCCC(F)(F)c3nc4ccc(OC)cc4nc3O2)[C@@H]1C(=O)O. The number of alkyl halides is 2. The van der Waals surface area contributed by atoms with Crippen molar-refractivity contribution in [1.82, 2.24) is 20.2 Å². The van der Waals surface area contributed by atoms with Crippen LogP contribution in [0.3, 0.4) is 0 Å². The molecular formula is C32H40F2N4O7. The Morgan fingerprint density at radius 3 is 2.62 bits per heavy atom. The van der Waals surface area contributed by atoms with Crippen molar-refractivity contribution in [3.8, 4) is 11.6 Å². The number of carboxylic acids is 1. The highest BCUT2D eigenvalue weighted by Crippen LogP contribution is 2.42. The molecule has 1 unspecified atom stereocenters. The maximum Gasteiger partial charge on any atom is 0.408 e. The first-order chi connectivity index (χ1) is 21.2. The van der Waals surface area contributed by atoms with Gasteiger partial charge in [0.15, 0.2) is 5.69 Å². The molecule has 2 aromatic rings. The molecular weight excluding hydrogens is 590 g/mol. The molecule has 0 radical (unpaired) electrons. The Hall–Kier alpha value is -4.03. The minimum absolute atomic E-state index is 0.120. The summed E-state index contributed by atoms with van der Waals surface area (Å²) in [6, 6.07) is 2.23. The van der Waals surface area contributed by atoms with E-state index in [2.05, 4.69) is 15.3 Å². The van der Waals surface area contributed by atoms with Gasteiger partial charge in [0.1, 0.15) is 30.0 Å². The van der Waals surface area contributed by atoms with Crippen molar-refractivity contribution < 1.29 is 42.5 Å². The lowest BCUT2D eigenvalue weighted by Gasteiger charge is -2.34. The first kappa shape index (κ1) is 32.4. The summed E-state index contributed by atoms with van der Waals surface area (Å²) >= 11 is 0. The molecule has 3 heterocycles. The van der Waals surface area contributed by atoms with Gasteiger partial charge in [-0.2, -0.15) is 8.78 Å². The summed E-state index contributed by atoms with van der Waals surface area (Å²) in [5, 5.41) is 13.0. The van der Waals surface area contributed by atoms with E-state index >= 15 is 8.78 Å². The zero-order valence-corrected chi connectivity index (χ0v) is 26.1. The Balaban J connectivity index is 1.62. The fraction of sp³-hybridized carbons (Fsp3) is 0.594. The Morgan fingerprint density at radius 2 is 1.96 bits per heavy atom. The van der Waals surface area contributed by atoms with Crippen LogP contribution in [0.25, 0.3) is 11.0 Å². The summed E-state index contributed by atoms with van der Waals surface area (Å²) in [4.78, 5) is 49.6. The zero-order chi connectivity index (χ0) is 32.7. The second-order valence-electron chi connectivity index (χ2n) is 13.0. The smallest absolute Gasteiger partial charge is 0.408 e. The zero-order valence-electron chi connectivity index (χ0n) is 26.1. The third kappa shape index (κ3) is 6.81. The number of nitrogens with one attached hydrogen (secondary N) is 1. The maximum atomic E-state index is 15.9. The number of alkyl carbamates (subject to hydrolysis) is 1. The topological polar surface area (TPSA) is 140 Å². The van der Waals surface area contributed by atoms with Gasteiger partial charge in [0.25, 0.3) is 5.92 Å². The lowest BCUT2D eigenvalue weighted by Crippen LogP contribution is -2.57. The van der Waals surface area contributed by atoms with Crippen molar-refractivity contribution in [2.45, 2.75) is 96.4 Å². The number of carboxylic acid groups (broad SMARTS) is 1. The summed E-state index contributed by atoms with van der Waals surface area (Å²) in [5.41, 5.74) is -0.167. The van der Waals surface area contributed by atoms with Gasteiger partial charge in [-0.1, -0.05) is 40.2 Å². The van der Waals surface area contributed by atoms with E-state index in [1.165, 1.54) is 18.1 Å². The quantitative estimate of drug-likeness (QED) is 0.436. The molecule has 244 valence electrons. The molecule has 2 amide bonds. The molecule has 1 aromatic carbocycles. The predicted octanol–water partition coefficient (Wildman–Crippen LogP) is 5.21. The van der Waals surface area contributed by atoms with E-state index in [4.69, 9.17) is 14.2 Å². The van der Waals surface area contributed by atoms with Gasteiger partial charge in [-0.3, -0.25) is 4.79 Å². The summed E-state index contributed by atoms with van der Waals surface area (Å²) in [6.07, 6.45) is 0.747. The van der Waals surface area contributed by atoms with Crippen LogP contribution in [0.5, 0.6) is 11.6 Å². The van der Waals surface area contributed by atoms with E-state index in [9.17, 15) is 19.5 Å². The number of carbonyl (C=O) groups is 3. The normalized spacial score (nSPS) is 28.3. The molecule has 13 heteroatoms. The number of ether oxygens (including phenoxy) is 3. The number of halogens is 2. The number of amides is 2. The molecule has 5 rings (SSSR count). The fourth-order valence-electron chi connectivity index (χ4n) is 6.14. The number of aromatic nitrogens is 2. The van der Waals surface area contributed by atoms with Crippen LogP contribution < -0.4 is 14.8 Å². The van der Waals surface area contributed by atoms with Crippen LogP contribution in [0.15, 0.2) is 29.8 Å². The van der Waals surface area contributed by atoms with Crippen LogP contribution in [0.1, 0.15) is 71.9 Å². The first-order valence-electron chi connectivity index (χ1n) is 15.3. The van der Waals surface area contributed by atoms with E-state index in [-0.39, 0.29) is 24.0 Å². The monoisotopic (exact) mass is 630 g/mol. The third-order valence-corrected chi connectivity index (χ3v) is 8.60. The number of aliphatic carboxylic acids is 1. The Morgan fingerprint density at radius 1 is 1.20 bits per heavy atom. The third-order valence-electron chi connectivity index (χ3n) is 8.60. The second kappa shape index (κ2) is 12.4. The minimum atomic E-state index is -3.43. The molecule has 2 fully saturated rings. The number of allylic oxidation sites excluding steroid dienone is 1. The van der Waals surface area contributed by atoms with Gasteiger partial charge in [0.2, 0.25) is 11.8 Å². The molecule has 2 aliphatic heterocycles. The standard InChI is InChI=1S/C32H40F2N4O7/c1-6-9-19-23-16-38(24(19)29(40)41)28(39)26(31(2,3)4)37-30(42)45-22-14-17(22)10-7-8-13-32(33,34)25-27(44-23)36-21-15-18(43-5)11-12-20(21)35-25/h10-12,15,19,22-24,26H,6-9,13-14,16H2,1-5H3,(H,37,42)(H,40,41)/b17-10-/t19?,22-,23+,24+,26-/m1/s1. The highest BCUT2D eigenvalue weighted by atomic mass is 19.3. The first-order valence-corrected chi connectivity index (χ1v) is 15.3. The number of nitrogens with zero attached hydrogens (tertiary/aromatic N) is 3. The van der Waals surface area contributed by atoms with E-state index in [1.54, 1.807) is 39.0 Å². The highest BCUT2D eigenvalue weighted by Gasteiger charge is 2.52. The van der Waals surface area contributed by atoms with Crippen LogP contribution >= 0.6 is 0 Å². The van der Waals surface area contributed by atoms with Gasteiger partial charge in [-0.25, -0.2) is 19.6 Å². The van der Waals surface area contributed by atoms with E-state index in [0.717, 1.165) is 5.57 Å². The number of carbonyl (C=O) groups excluding carboxylic acids is 2. The van der Waals surface area contributed by atoms with Gasteiger partial charge in [0.05, 0.1) is 24.7 Å². The van der Waals surface area contributed by atoms with Gasteiger partial charge in [-0.15, -0.1) is 0 Å². The minimum Gasteiger partial charge on any atom is -0.497 e. The molecule has 1 aromatic heterocycles. The van der Waals surface area contributed by atoms with Gasteiger partial charge in [-0.05, 0) is 42.4 Å². The molecule has 0 spiro atoms. The largest absolute Gasteiger partial charge is 0.497 e. The van der Waals surface area contributed by atoms with Crippen LogP contribution in [0.4, 0.5) is 13.6 Å². The number of fused-ring (bicyclic) bond motifs is 5. The van der Waals surface area contributed by atoms with Crippen molar-refractivity contribution in [3.63, 3.8) is 0 Å². The van der Waals surface area contributed by atoms with Gasteiger partial charge < -0.3 is 29.5 Å². The van der Waals surface area contributed by atoms with Gasteiger partial charge >= 0.3 is 12.1 Å². The average Bonchev–Trinajstić information content (AvgIpc) is 3.60. The number of benzene rings is 1. The van der Waals surface area contributed by atoms with E-state index in [0.29, 0.717) is 31.4 Å². The average molecular weight is 631 g/mol. The van der Waals surface area contributed by atoms with E-state index in [1.807, 2.05) is 6.92 Å². The Kier molecular flexibility index (Phi) is 8.92. The number of hydrogen-bond acceptors (Lipinski definition) is 8. The predicted molar refractivity (Wildman–Crippen MR) is 159 cm³/mol. The van der Waals surface area contributed by atoms with Gasteiger partial charge in [0, 0.05) is 24.8 Å². The molecule has 45 heavy (non-hydrogen) atoms. The Labute approximate surface area is 260 Å². The number of methoxy groups -OCH3 is 1. The summed E-state index contributed by atoms with van der Waals surface area (Å²) < 4.78 is 48.9. The maximum absolute atomic E-state index is 15.9. The highest BCUT2D eigenvalue weighted by molar-refractivity contribution is 5.91. The fourth-order valence-corrected chi connectivity index (χ4v) is 6.14. The van der Waals surface area contributed by atoms with Crippen molar-refractivity contribution in [2.75, 3.05) is 13.7 Å². The molecule has 3 aliphatic rings. The number of rotatable bonds is 4. The molecule has 1 saturated carbocycles. The molecule has 1 saturated heterocycles. The summed E-state index contributed by atoms with van der Waals surface area (Å²) in [5.74, 6) is -6.05. The second-order valence-corrected chi connectivity index (χ2v) is 13.0. The van der Waals surface area contributed by atoms with E-state index < -0.39 is 77.5 Å². The molecule has 2 N–H and O–H groups in total. The lowest BCUT2D eigenvalue weighted by atomic mass is 9.85. The van der Waals surface area contributed by atoms with Crippen LogP contribution in [-0.4, -0.2) is 75.9 Å². The van der Waals surface area contributed by atoms with Crippen molar-refractivity contribution >= 4 is 29.0 Å². The molecule has 2 bridgehead atoms. The summed E-state index contributed by atoms with van der Waals surface area (Å²) in [7, 11) is 1.47. The van der Waals surface area contributed by atoms with Crippen molar-refractivity contribution in [2.24, 2.45) is 11.3 Å². The lowest BCUT2D eigenvalue weighted by molar-refractivity contribution is -0.151. The molecule has 1 aliphatic carbocycles. The molecule has 5 atom stereocenters. The van der Waals surface area contributed by atoms with Crippen molar-refractivity contribution in [3.05, 3.63) is 35.5 Å². The molecule has 11 nitrogen and oxygen atoms in total. The Bertz CT molecular complexity index is 1510. The van der Waals surface area contributed by atoms with Crippen LogP contribution in [0, 0.1) is 11.3 Å². The summed E-state index contributed by atoms with van der Waals surface area (Å²) in [6.45, 7) is 6.89. The van der Waals surface area contributed by atoms with Crippen LogP contribution in [-0.2, 0) is 20.2 Å².